The fraction of sp³-hybridized carbons (Fsp3) is 0.333. The van der Waals surface area contributed by atoms with Gasteiger partial charge in [-0.1, -0.05) is 12.2 Å². The van der Waals surface area contributed by atoms with Crippen molar-refractivity contribution in [2.45, 2.75) is 13.0 Å². The molecule has 0 spiro atoms. The minimum atomic E-state index is 0.125. The summed E-state index contributed by atoms with van der Waals surface area (Å²) in [5.41, 5.74) is 6.45. The highest BCUT2D eigenvalue weighted by Crippen LogP contribution is 2.17. The van der Waals surface area contributed by atoms with Gasteiger partial charge in [-0.3, -0.25) is 0 Å². The van der Waals surface area contributed by atoms with E-state index in [2.05, 4.69) is 0 Å². The number of hydrogen-bond donors (Lipinski definition) is 2. The molecule has 66 valence electrons. The van der Waals surface area contributed by atoms with Crippen molar-refractivity contribution in [1.29, 1.82) is 0 Å². The van der Waals surface area contributed by atoms with Crippen molar-refractivity contribution in [2.75, 3.05) is 6.54 Å². The molecule has 0 radical (unpaired) electrons. The SMILES string of the molecule is NCCC=Cc1ccsc1CO. The molecule has 3 heteroatoms. The van der Waals surface area contributed by atoms with E-state index >= 15 is 0 Å². The first-order chi connectivity index (χ1) is 5.88. The lowest BCUT2D eigenvalue weighted by Crippen LogP contribution is -1.94. The van der Waals surface area contributed by atoms with Gasteiger partial charge in [0.2, 0.25) is 0 Å². The number of hydrogen-bond acceptors (Lipinski definition) is 3. The largest absolute Gasteiger partial charge is 0.391 e. The second-order valence-corrected chi connectivity index (χ2v) is 3.44. The summed E-state index contributed by atoms with van der Waals surface area (Å²) in [6.07, 6.45) is 4.93. The van der Waals surface area contributed by atoms with Crippen LogP contribution in [-0.2, 0) is 6.61 Å². The van der Waals surface area contributed by atoms with Crippen molar-refractivity contribution in [2.24, 2.45) is 5.73 Å². The average molecular weight is 183 g/mol. The van der Waals surface area contributed by atoms with E-state index in [9.17, 15) is 0 Å². The van der Waals surface area contributed by atoms with E-state index in [1.165, 1.54) is 0 Å². The minimum Gasteiger partial charge on any atom is -0.391 e. The fourth-order valence-corrected chi connectivity index (χ4v) is 1.66. The van der Waals surface area contributed by atoms with Gasteiger partial charge in [0.25, 0.3) is 0 Å². The van der Waals surface area contributed by atoms with Gasteiger partial charge in [0.15, 0.2) is 0 Å². The Kier molecular flexibility index (Phi) is 4.00. The van der Waals surface area contributed by atoms with Crippen molar-refractivity contribution in [3.63, 3.8) is 0 Å². The summed E-state index contributed by atoms with van der Waals surface area (Å²) in [4.78, 5) is 1.02. The van der Waals surface area contributed by atoms with Crippen molar-refractivity contribution < 1.29 is 5.11 Å². The van der Waals surface area contributed by atoms with E-state index < -0.39 is 0 Å². The standard InChI is InChI=1S/C9H13NOS/c10-5-2-1-3-8-4-6-12-9(8)7-11/h1,3-4,6,11H,2,5,7,10H2. The highest BCUT2D eigenvalue weighted by Gasteiger charge is 1.97. The molecule has 1 heterocycles. The Hall–Kier alpha value is -0.640. The molecule has 0 aromatic carbocycles. The van der Waals surface area contributed by atoms with Crippen LogP contribution in [0.1, 0.15) is 16.9 Å². The van der Waals surface area contributed by atoms with Crippen LogP contribution in [0.15, 0.2) is 17.5 Å². The molecule has 0 aliphatic rings. The van der Waals surface area contributed by atoms with Crippen LogP contribution >= 0.6 is 11.3 Å². The molecule has 0 amide bonds. The van der Waals surface area contributed by atoms with Crippen molar-refractivity contribution in [1.82, 2.24) is 0 Å². The third kappa shape index (κ3) is 2.44. The molecule has 2 nitrogen and oxygen atoms in total. The number of nitrogens with two attached hydrogens (primary N) is 1. The molecule has 0 saturated heterocycles. The third-order valence-corrected chi connectivity index (χ3v) is 2.48. The quantitative estimate of drug-likeness (QED) is 0.744. The Balaban J connectivity index is 2.61. The van der Waals surface area contributed by atoms with Crippen molar-refractivity contribution in [3.8, 4) is 0 Å². The molecule has 12 heavy (non-hydrogen) atoms. The van der Waals surface area contributed by atoms with Gasteiger partial charge in [0.1, 0.15) is 0 Å². The maximum absolute atomic E-state index is 8.92. The Morgan fingerprint density at radius 1 is 1.58 bits per heavy atom. The lowest BCUT2D eigenvalue weighted by molar-refractivity contribution is 0.285. The van der Waals surface area contributed by atoms with E-state index in [4.69, 9.17) is 10.8 Å². The maximum atomic E-state index is 8.92. The number of rotatable bonds is 4. The molecule has 1 aromatic heterocycles. The fourth-order valence-electron chi connectivity index (χ4n) is 0.934. The Labute approximate surface area is 76.3 Å². The lowest BCUT2D eigenvalue weighted by atomic mass is 10.2. The Bertz CT molecular complexity index is 255. The third-order valence-electron chi connectivity index (χ3n) is 1.55. The summed E-state index contributed by atoms with van der Waals surface area (Å²) in [6, 6.07) is 2.00. The smallest absolute Gasteiger partial charge is 0.0780 e. The van der Waals surface area contributed by atoms with Gasteiger partial charge in [-0.25, -0.2) is 0 Å². The predicted octanol–water partition coefficient (Wildman–Crippen LogP) is 1.60. The van der Waals surface area contributed by atoms with E-state index in [1.54, 1.807) is 11.3 Å². The van der Waals surface area contributed by atoms with Crippen LogP contribution < -0.4 is 5.73 Å². The summed E-state index contributed by atoms with van der Waals surface area (Å²) < 4.78 is 0. The minimum absolute atomic E-state index is 0.125. The van der Waals surface area contributed by atoms with Gasteiger partial charge in [0.05, 0.1) is 6.61 Å². The first-order valence-corrected chi connectivity index (χ1v) is 4.80. The topological polar surface area (TPSA) is 46.2 Å². The number of thiophene rings is 1. The molecule has 0 aliphatic carbocycles. The van der Waals surface area contributed by atoms with Crippen LogP contribution in [0.4, 0.5) is 0 Å². The molecule has 0 atom stereocenters. The first-order valence-electron chi connectivity index (χ1n) is 3.92. The van der Waals surface area contributed by atoms with Crippen LogP contribution in [0.5, 0.6) is 0 Å². The Morgan fingerprint density at radius 2 is 2.42 bits per heavy atom. The highest BCUT2D eigenvalue weighted by atomic mass is 32.1. The van der Waals surface area contributed by atoms with E-state index in [-0.39, 0.29) is 6.61 Å². The second-order valence-electron chi connectivity index (χ2n) is 2.44. The Morgan fingerprint density at radius 3 is 3.08 bits per heavy atom. The van der Waals surface area contributed by atoms with Crippen LogP contribution in [0.25, 0.3) is 6.08 Å². The highest BCUT2D eigenvalue weighted by molar-refractivity contribution is 7.10. The zero-order valence-corrected chi connectivity index (χ0v) is 7.68. The van der Waals surface area contributed by atoms with Gasteiger partial charge in [0, 0.05) is 4.88 Å². The van der Waals surface area contributed by atoms with Crippen LogP contribution in [0.2, 0.25) is 0 Å². The van der Waals surface area contributed by atoms with Gasteiger partial charge in [-0.15, -0.1) is 11.3 Å². The molecule has 1 rings (SSSR count). The predicted molar refractivity (Wildman–Crippen MR) is 52.9 cm³/mol. The average Bonchev–Trinajstić information content (AvgIpc) is 2.52. The molecule has 0 saturated carbocycles. The summed E-state index contributed by atoms with van der Waals surface area (Å²) in [7, 11) is 0. The summed E-state index contributed by atoms with van der Waals surface area (Å²) in [6.45, 7) is 0.801. The van der Waals surface area contributed by atoms with E-state index in [0.29, 0.717) is 6.54 Å². The van der Waals surface area contributed by atoms with E-state index in [1.807, 2.05) is 23.6 Å². The van der Waals surface area contributed by atoms with Crippen molar-refractivity contribution >= 4 is 17.4 Å². The zero-order chi connectivity index (χ0) is 8.81. The van der Waals surface area contributed by atoms with Gasteiger partial charge < -0.3 is 10.8 Å². The molecule has 0 fully saturated rings. The number of aliphatic hydroxyl groups is 1. The molecular formula is C9H13NOS. The second kappa shape index (κ2) is 5.09. The van der Waals surface area contributed by atoms with Gasteiger partial charge in [-0.05, 0) is 30.0 Å². The normalized spacial score (nSPS) is 11.2. The molecule has 0 unspecified atom stereocenters. The molecule has 3 N–H and O–H groups in total. The van der Waals surface area contributed by atoms with Crippen LogP contribution in [0.3, 0.4) is 0 Å². The summed E-state index contributed by atoms with van der Waals surface area (Å²) in [5.74, 6) is 0. The van der Waals surface area contributed by atoms with Gasteiger partial charge in [-0.2, -0.15) is 0 Å². The van der Waals surface area contributed by atoms with Gasteiger partial charge >= 0.3 is 0 Å². The zero-order valence-electron chi connectivity index (χ0n) is 6.86. The molecular weight excluding hydrogens is 170 g/mol. The summed E-state index contributed by atoms with van der Waals surface area (Å²) >= 11 is 1.58. The maximum Gasteiger partial charge on any atom is 0.0780 e. The monoisotopic (exact) mass is 183 g/mol. The lowest BCUT2D eigenvalue weighted by Gasteiger charge is -1.92. The van der Waals surface area contributed by atoms with Crippen LogP contribution in [-0.4, -0.2) is 11.7 Å². The molecule has 0 bridgehead atoms. The molecule has 0 aliphatic heterocycles. The number of aliphatic hydroxyl groups excluding tert-OH is 1. The van der Waals surface area contributed by atoms with Crippen molar-refractivity contribution in [3.05, 3.63) is 28.0 Å². The first kappa shape index (κ1) is 9.45. The molecule has 1 aromatic rings. The summed E-state index contributed by atoms with van der Waals surface area (Å²) in [5, 5.41) is 10.9. The van der Waals surface area contributed by atoms with E-state index in [0.717, 1.165) is 16.9 Å². The van der Waals surface area contributed by atoms with Crippen LogP contribution in [0, 0.1) is 0 Å².